The monoisotopic (exact) mass is 245 g/mol. The van der Waals surface area contributed by atoms with E-state index in [-0.39, 0.29) is 5.97 Å². The van der Waals surface area contributed by atoms with Gasteiger partial charge in [-0.25, -0.2) is 0 Å². The normalized spacial score (nSPS) is 10.3. The number of methoxy groups -OCH3 is 2. The summed E-state index contributed by atoms with van der Waals surface area (Å²) < 4.78 is 10.0. The summed E-state index contributed by atoms with van der Waals surface area (Å²) >= 11 is 0. The van der Waals surface area contributed by atoms with Crippen molar-refractivity contribution < 1.29 is 14.3 Å². The number of carbonyl (C=O) groups excluding carboxylic acids is 1. The molecule has 0 N–H and O–H groups in total. The summed E-state index contributed by atoms with van der Waals surface area (Å²) in [5, 5.41) is 1.01. The molecule has 4 heteroatoms. The quantitative estimate of drug-likeness (QED) is 0.776. The van der Waals surface area contributed by atoms with Crippen LogP contribution in [-0.2, 0) is 16.0 Å². The Morgan fingerprint density at radius 1 is 1.28 bits per heavy atom. The lowest BCUT2D eigenvalue weighted by Gasteiger charge is -2.11. The van der Waals surface area contributed by atoms with Crippen molar-refractivity contribution in [2.24, 2.45) is 0 Å². The number of benzene rings is 1. The molecule has 0 saturated heterocycles. The number of esters is 1. The second-order valence-electron chi connectivity index (χ2n) is 3.89. The molecule has 0 aliphatic carbocycles. The smallest absolute Gasteiger partial charge is 0.305 e. The van der Waals surface area contributed by atoms with Crippen molar-refractivity contribution in [3.8, 4) is 5.75 Å². The van der Waals surface area contributed by atoms with E-state index in [1.807, 2.05) is 24.3 Å². The molecule has 18 heavy (non-hydrogen) atoms. The summed E-state index contributed by atoms with van der Waals surface area (Å²) in [6.45, 7) is 0. The lowest BCUT2D eigenvalue weighted by molar-refractivity contribution is -0.140. The Kier molecular flexibility index (Phi) is 3.77. The lowest BCUT2D eigenvalue weighted by Crippen LogP contribution is -2.03. The Labute approximate surface area is 106 Å². The molecule has 0 amide bonds. The average molecular weight is 245 g/mol. The summed E-state index contributed by atoms with van der Waals surface area (Å²) in [6.07, 6.45) is 2.67. The average Bonchev–Trinajstić information content (AvgIpc) is 2.44. The molecule has 0 unspecified atom stereocenters. The molecule has 94 valence electrons. The van der Waals surface area contributed by atoms with Crippen LogP contribution >= 0.6 is 0 Å². The van der Waals surface area contributed by atoms with Gasteiger partial charge in [0.05, 0.1) is 19.7 Å². The fourth-order valence-corrected chi connectivity index (χ4v) is 1.97. The van der Waals surface area contributed by atoms with Gasteiger partial charge < -0.3 is 9.47 Å². The van der Waals surface area contributed by atoms with Gasteiger partial charge in [0, 0.05) is 23.6 Å². The highest BCUT2D eigenvalue weighted by Gasteiger charge is 2.11. The van der Waals surface area contributed by atoms with Gasteiger partial charge in [-0.05, 0) is 24.6 Å². The first-order chi connectivity index (χ1) is 8.76. The number of pyridine rings is 1. The molecule has 1 heterocycles. The van der Waals surface area contributed by atoms with Gasteiger partial charge in [-0.2, -0.15) is 0 Å². The van der Waals surface area contributed by atoms with Crippen LogP contribution in [0.3, 0.4) is 0 Å². The minimum absolute atomic E-state index is 0.224. The number of fused-ring (bicyclic) bond motifs is 1. The van der Waals surface area contributed by atoms with Crippen LogP contribution in [0.15, 0.2) is 30.5 Å². The molecule has 0 radical (unpaired) electrons. The topological polar surface area (TPSA) is 48.4 Å². The Morgan fingerprint density at radius 2 is 2.11 bits per heavy atom. The third kappa shape index (κ3) is 2.42. The van der Waals surface area contributed by atoms with E-state index in [0.29, 0.717) is 12.8 Å². The minimum atomic E-state index is -0.224. The number of hydrogen-bond acceptors (Lipinski definition) is 4. The Bertz CT molecular complexity index is 566. The molecule has 0 aliphatic rings. The molecule has 1 aromatic heterocycles. The van der Waals surface area contributed by atoms with Crippen molar-refractivity contribution in [1.29, 1.82) is 0 Å². The van der Waals surface area contributed by atoms with Crippen molar-refractivity contribution in [2.75, 3.05) is 14.2 Å². The molecule has 0 saturated carbocycles. The van der Waals surface area contributed by atoms with Crippen LogP contribution in [0.2, 0.25) is 0 Å². The fraction of sp³-hybridized carbons (Fsp3) is 0.286. The van der Waals surface area contributed by atoms with Crippen LogP contribution in [0.1, 0.15) is 12.0 Å². The first-order valence-electron chi connectivity index (χ1n) is 5.73. The summed E-state index contributed by atoms with van der Waals surface area (Å²) in [4.78, 5) is 15.5. The van der Waals surface area contributed by atoms with E-state index in [9.17, 15) is 4.79 Å². The number of ether oxygens (including phenoxy) is 2. The van der Waals surface area contributed by atoms with E-state index in [1.54, 1.807) is 13.3 Å². The van der Waals surface area contributed by atoms with E-state index >= 15 is 0 Å². The SMILES string of the molecule is COC(=O)CCc1c(OC)ccc2ncccc12. The van der Waals surface area contributed by atoms with E-state index in [1.165, 1.54) is 7.11 Å². The van der Waals surface area contributed by atoms with Gasteiger partial charge in [-0.15, -0.1) is 0 Å². The van der Waals surface area contributed by atoms with Gasteiger partial charge in [-0.3, -0.25) is 9.78 Å². The van der Waals surface area contributed by atoms with Crippen LogP contribution in [-0.4, -0.2) is 25.2 Å². The third-order valence-electron chi connectivity index (χ3n) is 2.88. The zero-order chi connectivity index (χ0) is 13.0. The van der Waals surface area contributed by atoms with Crippen molar-refractivity contribution in [3.63, 3.8) is 0 Å². The van der Waals surface area contributed by atoms with Crippen LogP contribution in [0.5, 0.6) is 5.75 Å². The molecule has 0 bridgehead atoms. The molecule has 0 spiro atoms. The number of hydrogen-bond donors (Lipinski definition) is 0. The molecule has 0 atom stereocenters. The highest BCUT2D eigenvalue weighted by atomic mass is 16.5. The van der Waals surface area contributed by atoms with E-state index in [2.05, 4.69) is 9.72 Å². The minimum Gasteiger partial charge on any atom is -0.496 e. The highest BCUT2D eigenvalue weighted by Crippen LogP contribution is 2.27. The molecule has 1 aromatic carbocycles. The Hall–Kier alpha value is -2.10. The fourth-order valence-electron chi connectivity index (χ4n) is 1.97. The summed E-state index contributed by atoms with van der Waals surface area (Å²) in [7, 11) is 3.02. The molecule has 2 rings (SSSR count). The number of carbonyl (C=O) groups is 1. The first-order valence-corrected chi connectivity index (χ1v) is 5.73. The molecule has 4 nitrogen and oxygen atoms in total. The molecule has 2 aromatic rings. The van der Waals surface area contributed by atoms with Gasteiger partial charge in [0.15, 0.2) is 0 Å². The summed E-state index contributed by atoms with van der Waals surface area (Å²) in [5.74, 6) is 0.553. The van der Waals surface area contributed by atoms with Crippen LogP contribution < -0.4 is 4.74 Å². The van der Waals surface area contributed by atoms with Crippen molar-refractivity contribution in [2.45, 2.75) is 12.8 Å². The number of aromatic nitrogens is 1. The summed E-state index contributed by atoms with van der Waals surface area (Å²) in [5.41, 5.74) is 1.90. The van der Waals surface area contributed by atoms with Gasteiger partial charge in [-0.1, -0.05) is 6.07 Å². The maximum Gasteiger partial charge on any atom is 0.305 e. The largest absolute Gasteiger partial charge is 0.496 e. The Morgan fingerprint density at radius 3 is 2.83 bits per heavy atom. The first kappa shape index (κ1) is 12.4. The summed E-state index contributed by atoms with van der Waals surface area (Å²) in [6, 6.07) is 7.65. The predicted molar refractivity (Wildman–Crippen MR) is 68.6 cm³/mol. The second-order valence-corrected chi connectivity index (χ2v) is 3.89. The van der Waals surface area contributed by atoms with E-state index < -0.39 is 0 Å². The van der Waals surface area contributed by atoms with Crippen LogP contribution in [0.25, 0.3) is 10.9 Å². The maximum atomic E-state index is 11.2. The van der Waals surface area contributed by atoms with Gasteiger partial charge >= 0.3 is 5.97 Å². The van der Waals surface area contributed by atoms with Gasteiger partial charge in [0.2, 0.25) is 0 Å². The van der Waals surface area contributed by atoms with Gasteiger partial charge in [0.1, 0.15) is 5.75 Å². The lowest BCUT2D eigenvalue weighted by atomic mass is 10.0. The standard InChI is InChI=1S/C14H15NO3/c1-17-13-7-6-12-10(4-3-9-15-12)11(13)5-8-14(16)18-2/h3-4,6-7,9H,5,8H2,1-2H3. The van der Waals surface area contributed by atoms with Crippen molar-refractivity contribution in [1.82, 2.24) is 4.98 Å². The number of nitrogens with zero attached hydrogens (tertiary/aromatic N) is 1. The van der Waals surface area contributed by atoms with Crippen LogP contribution in [0.4, 0.5) is 0 Å². The second kappa shape index (κ2) is 5.49. The Balaban J connectivity index is 2.41. The van der Waals surface area contributed by atoms with Crippen molar-refractivity contribution in [3.05, 3.63) is 36.0 Å². The zero-order valence-electron chi connectivity index (χ0n) is 10.5. The van der Waals surface area contributed by atoms with Gasteiger partial charge in [0.25, 0.3) is 0 Å². The van der Waals surface area contributed by atoms with E-state index in [0.717, 1.165) is 22.2 Å². The van der Waals surface area contributed by atoms with Crippen LogP contribution in [0, 0.1) is 0 Å². The molecular formula is C14H15NO3. The zero-order valence-corrected chi connectivity index (χ0v) is 10.5. The maximum absolute atomic E-state index is 11.2. The number of aryl methyl sites for hydroxylation is 1. The highest BCUT2D eigenvalue weighted by molar-refractivity contribution is 5.85. The molecular weight excluding hydrogens is 230 g/mol. The number of rotatable bonds is 4. The third-order valence-corrected chi connectivity index (χ3v) is 2.88. The predicted octanol–water partition coefficient (Wildman–Crippen LogP) is 2.35. The van der Waals surface area contributed by atoms with E-state index in [4.69, 9.17) is 4.74 Å². The molecule has 0 aliphatic heterocycles. The molecule has 0 fully saturated rings. The van der Waals surface area contributed by atoms with Crippen molar-refractivity contribution >= 4 is 16.9 Å².